The molecule has 0 bridgehead atoms. The molecule has 1 aromatic heterocycles. The molecule has 1 saturated carbocycles. The molecule has 0 spiro atoms. The molecule has 2 heterocycles. The van der Waals surface area contributed by atoms with Crippen LogP contribution in [0, 0.1) is 30.5 Å². The Morgan fingerprint density at radius 1 is 1.14 bits per heavy atom. The highest BCUT2D eigenvalue weighted by Gasteiger charge is 2.72. The monoisotopic (exact) mass is 492 g/mol. The topological polar surface area (TPSA) is 58.4 Å². The van der Waals surface area contributed by atoms with Gasteiger partial charge in [0.25, 0.3) is 10.2 Å². The van der Waals surface area contributed by atoms with Gasteiger partial charge in [-0.1, -0.05) is 24.3 Å². The second kappa shape index (κ2) is 7.85. The zero-order chi connectivity index (χ0) is 24.5. The van der Waals surface area contributed by atoms with Gasteiger partial charge in [-0.2, -0.15) is 22.1 Å². The molecule has 2 aliphatic carbocycles. The highest BCUT2D eigenvalue weighted by molar-refractivity contribution is 7.86. The van der Waals surface area contributed by atoms with Crippen LogP contribution in [0.5, 0.6) is 0 Å². The second-order valence-electron chi connectivity index (χ2n) is 10.2. The predicted molar refractivity (Wildman–Crippen MR) is 135 cm³/mol. The van der Waals surface area contributed by atoms with Crippen LogP contribution in [0.4, 0.5) is 4.39 Å². The van der Waals surface area contributed by atoms with Gasteiger partial charge in [-0.15, -0.1) is 0 Å². The SMILES string of the molecule is Cc1cc2c(cnn2-c2ccc(F)cc2)cc1[C@]12CN(S(=O)(=O)N(C)C)C[C@H]1[C@@H]2C1C=CC=CC1. The first-order valence-electron chi connectivity index (χ1n) is 12.0. The van der Waals surface area contributed by atoms with Crippen LogP contribution >= 0.6 is 0 Å². The highest BCUT2D eigenvalue weighted by Crippen LogP contribution is 2.68. The number of allylic oxidation sites excluding steroid dienone is 4. The van der Waals surface area contributed by atoms with Gasteiger partial charge in [0, 0.05) is 38.0 Å². The van der Waals surface area contributed by atoms with Crippen LogP contribution in [0.3, 0.4) is 0 Å². The van der Waals surface area contributed by atoms with Crippen molar-refractivity contribution in [1.82, 2.24) is 18.4 Å². The van der Waals surface area contributed by atoms with Gasteiger partial charge >= 0.3 is 0 Å². The van der Waals surface area contributed by atoms with E-state index in [0.717, 1.165) is 28.6 Å². The van der Waals surface area contributed by atoms with Gasteiger partial charge < -0.3 is 0 Å². The summed E-state index contributed by atoms with van der Waals surface area (Å²) < 4.78 is 44.3. The molecule has 3 aromatic rings. The Bertz CT molecular complexity index is 1470. The normalized spacial score (nSPS) is 28.2. The van der Waals surface area contributed by atoms with Gasteiger partial charge in [-0.3, -0.25) is 0 Å². The van der Waals surface area contributed by atoms with E-state index in [1.165, 1.54) is 22.0 Å². The number of aryl methyl sites for hydroxylation is 1. The number of halogens is 1. The number of nitrogens with zero attached hydrogens (tertiary/aromatic N) is 4. The summed E-state index contributed by atoms with van der Waals surface area (Å²) in [4.78, 5) is 0. The van der Waals surface area contributed by atoms with E-state index in [4.69, 9.17) is 0 Å². The van der Waals surface area contributed by atoms with E-state index in [0.29, 0.717) is 24.9 Å². The lowest BCUT2D eigenvalue weighted by atomic mass is 9.83. The maximum absolute atomic E-state index is 13.4. The molecule has 1 saturated heterocycles. The summed E-state index contributed by atoms with van der Waals surface area (Å²) in [5.74, 6) is 0.812. The molecule has 3 aliphatic rings. The van der Waals surface area contributed by atoms with Crippen LogP contribution in [-0.2, 0) is 15.6 Å². The third-order valence-electron chi connectivity index (χ3n) is 8.17. The maximum atomic E-state index is 13.4. The van der Waals surface area contributed by atoms with E-state index in [9.17, 15) is 12.8 Å². The van der Waals surface area contributed by atoms with Crippen molar-refractivity contribution < 1.29 is 12.8 Å². The van der Waals surface area contributed by atoms with Crippen LogP contribution in [0.1, 0.15) is 17.5 Å². The standard InChI is InChI=1S/C27H29FN4O2S/c1-18-13-25-20(15-29-32(25)22-11-9-21(28)10-12-22)14-23(18)27-17-31(35(33,34)30(2)3)16-24(27)26(27)19-7-5-4-6-8-19/h4-7,9-15,19,24,26H,8,16-17H2,1-3H3/t19?,24-,26-,27+/m0/s1. The molecule has 2 aromatic carbocycles. The Kier molecular flexibility index (Phi) is 5.08. The first kappa shape index (κ1) is 22.6. The number of aromatic nitrogens is 2. The molecule has 4 atom stereocenters. The zero-order valence-electron chi connectivity index (χ0n) is 20.1. The van der Waals surface area contributed by atoms with Crippen molar-refractivity contribution in [3.63, 3.8) is 0 Å². The Morgan fingerprint density at radius 3 is 2.60 bits per heavy atom. The van der Waals surface area contributed by atoms with Crippen LogP contribution < -0.4 is 0 Å². The molecule has 0 N–H and O–H groups in total. The van der Waals surface area contributed by atoms with E-state index in [1.807, 2.05) is 10.9 Å². The average Bonchev–Trinajstić information content (AvgIpc) is 3.10. The molecule has 1 unspecified atom stereocenters. The third-order valence-corrected chi connectivity index (χ3v) is 10.0. The molecule has 182 valence electrons. The maximum Gasteiger partial charge on any atom is 0.281 e. The largest absolute Gasteiger partial charge is 0.281 e. The van der Waals surface area contributed by atoms with E-state index in [-0.39, 0.29) is 17.2 Å². The lowest BCUT2D eigenvalue weighted by Crippen LogP contribution is -2.42. The van der Waals surface area contributed by atoms with Crippen molar-refractivity contribution in [2.75, 3.05) is 27.2 Å². The lowest BCUT2D eigenvalue weighted by molar-refractivity contribution is 0.342. The van der Waals surface area contributed by atoms with Gasteiger partial charge in [0.15, 0.2) is 0 Å². The molecular weight excluding hydrogens is 463 g/mol. The van der Waals surface area contributed by atoms with E-state index >= 15 is 0 Å². The summed E-state index contributed by atoms with van der Waals surface area (Å²) in [5.41, 5.74) is 3.90. The van der Waals surface area contributed by atoms with Gasteiger partial charge in [0.05, 0.1) is 17.4 Å². The van der Waals surface area contributed by atoms with Crippen molar-refractivity contribution >= 4 is 21.1 Å². The lowest BCUT2D eigenvalue weighted by Gasteiger charge is -2.29. The number of hydrogen-bond donors (Lipinski definition) is 0. The fourth-order valence-electron chi connectivity index (χ4n) is 6.51. The quantitative estimate of drug-likeness (QED) is 0.536. The van der Waals surface area contributed by atoms with Crippen molar-refractivity contribution in [1.29, 1.82) is 0 Å². The molecule has 6 rings (SSSR count). The van der Waals surface area contributed by atoms with Gasteiger partial charge in [-0.25, -0.2) is 9.07 Å². The third kappa shape index (κ3) is 3.34. The Hall–Kier alpha value is -2.81. The zero-order valence-corrected chi connectivity index (χ0v) is 20.9. The fourth-order valence-corrected chi connectivity index (χ4v) is 7.70. The number of rotatable bonds is 5. The number of fused-ring (bicyclic) bond motifs is 2. The van der Waals surface area contributed by atoms with E-state index < -0.39 is 10.2 Å². The number of benzene rings is 2. The molecule has 8 heteroatoms. The minimum atomic E-state index is -3.48. The molecule has 1 aliphatic heterocycles. The minimum absolute atomic E-state index is 0.209. The van der Waals surface area contributed by atoms with Crippen LogP contribution in [-0.4, -0.2) is 54.0 Å². The van der Waals surface area contributed by atoms with Crippen molar-refractivity contribution in [2.24, 2.45) is 17.8 Å². The molecule has 35 heavy (non-hydrogen) atoms. The highest BCUT2D eigenvalue weighted by atomic mass is 32.2. The fraction of sp³-hybridized carbons (Fsp3) is 0.370. The second-order valence-corrected chi connectivity index (χ2v) is 12.4. The Balaban J connectivity index is 1.44. The van der Waals surface area contributed by atoms with E-state index in [2.05, 4.69) is 48.5 Å². The number of hydrogen-bond acceptors (Lipinski definition) is 3. The summed E-state index contributed by atoms with van der Waals surface area (Å²) in [7, 11) is -0.290. The molecule has 6 nitrogen and oxygen atoms in total. The summed E-state index contributed by atoms with van der Waals surface area (Å²) >= 11 is 0. The molecule has 0 radical (unpaired) electrons. The molecule has 0 amide bonds. The van der Waals surface area contributed by atoms with Crippen molar-refractivity contribution in [3.8, 4) is 5.69 Å². The van der Waals surface area contributed by atoms with Crippen LogP contribution in [0.2, 0.25) is 0 Å². The summed E-state index contributed by atoms with van der Waals surface area (Å²) in [6, 6.07) is 10.7. The van der Waals surface area contributed by atoms with Crippen LogP contribution in [0.15, 0.2) is 66.9 Å². The minimum Gasteiger partial charge on any atom is -0.233 e. The predicted octanol–water partition coefficient (Wildman–Crippen LogP) is 4.21. The number of piperidine rings is 1. The Morgan fingerprint density at radius 2 is 1.91 bits per heavy atom. The summed E-state index contributed by atoms with van der Waals surface area (Å²) in [6.45, 7) is 3.15. The van der Waals surface area contributed by atoms with Gasteiger partial charge in [0.1, 0.15) is 5.82 Å². The van der Waals surface area contributed by atoms with Crippen molar-refractivity contribution in [3.05, 3.63) is 83.8 Å². The first-order chi connectivity index (χ1) is 16.7. The van der Waals surface area contributed by atoms with Gasteiger partial charge in [0.2, 0.25) is 0 Å². The Labute approximate surface area is 205 Å². The van der Waals surface area contributed by atoms with Crippen LogP contribution in [0.25, 0.3) is 16.6 Å². The van der Waals surface area contributed by atoms with E-state index in [1.54, 1.807) is 30.5 Å². The summed E-state index contributed by atoms with van der Waals surface area (Å²) in [5, 5.41) is 5.59. The van der Waals surface area contributed by atoms with Gasteiger partial charge in [-0.05, 0) is 78.6 Å². The smallest absolute Gasteiger partial charge is 0.233 e. The average molecular weight is 493 g/mol. The molecule has 2 fully saturated rings. The molecular formula is C27H29FN4O2S. The summed E-state index contributed by atoms with van der Waals surface area (Å²) in [6.07, 6.45) is 11.5. The first-order valence-corrected chi connectivity index (χ1v) is 13.4. The van der Waals surface area contributed by atoms with Crippen molar-refractivity contribution in [2.45, 2.75) is 18.8 Å².